The van der Waals surface area contributed by atoms with Crippen molar-refractivity contribution >= 4 is 17.2 Å². The van der Waals surface area contributed by atoms with Gasteiger partial charge in [-0.15, -0.1) is 0 Å². The van der Waals surface area contributed by atoms with Gasteiger partial charge in [0.15, 0.2) is 0 Å². The molecule has 0 aliphatic carbocycles. The molecule has 1 unspecified atom stereocenters. The lowest BCUT2D eigenvalue weighted by Gasteiger charge is -2.24. The van der Waals surface area contributed by atoms with Crippen molar-refractivity contribution in [2.24, 2.45) is 5.73 Å². The summed E-state index contributed by atoms with van der Waals surface area (Å²) in [6.07, 6.45) is 0. The molecule has 0 bridgehead atoms. The minimum Gasteiger partial charge on any atom is -0.392 e. The molecule has 0 heterocycles. The Labute approximate surface area is 116 Å². The topological polar surface area (TPSA) is 29.3 Å². The van der Waals surface area contributed by atoms with E-state index < -0.39 is 0 Å². The molecule has 0 saturated heterocycles. The summed E-state index contributed by atoms with van der Waals surface area (Å²) in [5.74, 6) is 0. The predicted molar refractivity (Wildman–Crippen MR) is 82.9 cm³/mol. The van der Waals surface area contributed by atoms with Gasteiger partial charge in [-0.05, 0) is 30.5 Å². The summed E-state index contributed by atoms with van der Waals surface area (Å²) in [4.78, 5) is 2.71. The van der Waals surface area contributed by atoms with Gasteiger partial charge in [-0.1, -0.05) is 57.3 Å². The molecule has 0 saturated carbocycles. The minimum atomic E-state index is 0.127. The van der Waals surface area contributed by atoms with Crippen LogP contribution in [0, 0.1) is 0 Å². The molecule has 18 heavy (non-hydrogen) atoms. The minimum absolute atomic E-state index is 0.127. The summed E-state index contributed by atoms with van der Waals surface area (Å²) in [5.41, 5.74) is 8.51. The van der Waals surface area contributed by atoms with Crippen LogP contribution in [0.15, 0.2) is 24.3 Å². The smallest absolute Gasteiger partial charge is 0.0899 e. The van der Waals surface area contributed by atoms with E-state index in [1.807, 2.05) is 14.0 Å². The Morgan fingerprint density at radius 3 is 2.17 bits per heavy atom. The van der Waals surface area contributed by atoms with Gasteiger partial charge < -0.3 is 5.73 Å². The Morgan fingerprint density at radius 1 is 1.28 bits per heavy atom. The second-order valence-electron chi connectivity index (χ2n) is 5.94. The number of nitrogens with zero attached hydrogens (tertiary/aromatic N) is 1. The van der Waals surface area contributed by atoms with Crippen molar-refractivity contribution in [1.82, 2.24) is 4.90 Å². The molecule has 0 radical (unpaired) electrons. The van der Waals surface area contributed by atoms with Crippen LogP contribution >= 0.6 is 12.2 Å². The number of nitrogens with two attached hydrogens (primary N) is 1. The van der Waals surface area contributed by atoms with E-state index >= 15 is 0 Å². The zero-order valence-corrected chi connectivity index (χ0v) is 12.8. The van der Waals surface area contributed by atoms with Crippen LogP contribution in [0.1, 0.15) is 38.8 Å². The van der Waals surface area contributed by atoms with Crippen LogP contribution in [0.25, 0.3) is 0 Å². The van der Waals surface area contributed by atoms with Crippen LogP contribution < -0.4 is 5.73 Å². The lowest BCUT2D eigenvalue weighted by atomic mass is 9.87. The maximum atomic E-state index is 5.66. The van der Waals surface area contributed by atoms with E-state index in [1.54, 1.807) is 0 Å². The summed E-state index contributed by atoms with van der Waals surface area (Å²) in [5, 5.41) is 0. The van der Waals surface area contributed by atoms with Crippen LogP contribution in [-0.4, -0.2) is 23.0 Å². The van der Waals surface area contributed by atoms with Crippen molar-refractivity contribution in [2.75, 3.05) is 7.05 Å². The molecule has 0 aliphatic rings. The van der Waals surface area contributed by atoms with Crippen LogP contribution in [0.3, 0.4) is 0 Å². The normalized spacial score (nSPS) is 13.7. The largest absolute Gasteiger partial charge is 0.392 e. The van der Waals surface area contributed by atoms with Gasteiger partial charge in [-0.3, -0.25) is 4.90 Å². The van der Waals surface area contributed by atoms with Crippen molar-refractivity contribution in [3.05, 3.63) is 35.4 Å². The van der Waals surface area contributed by atoms with Crippen molar-refractivity contribution in [3.63, 3.8) is 0 Å². The second-order valence-corrected chi connectivity index (χ2v) is 6.41. The van der Waals surface area contributed by atoms with Gasteiger partial charge in [-0.2, -0.15) is 0 Å². The summed E-state index contributed by atoms with van der Waals surface area (Å²) in [6.45, 7) is 9.57. The first-order valence-electron chi connectivity index (χ1n) is 6.31. The highest BCUT2D eigenvalue weighted by Gasteiger charge is 2.14. The number of hydrogen-bond acceptors (Lipinski definition) is 2. The average molecular weight is 264 g/mol. The van der Waals surface area contributed by atoms with Crippen molar-refractivity contribution in [1.29, 1.82) is 0 Å². The first-order chi connectivity index (χ1) is 8.21. The third-order valence-corrected chi connectivity index (χ3v) is 3.67. The van der Waals surface area contributed by atoms with Gasteiger partial charge in [0, 0.05) is 6.54 Å². The Morgan fingerprint density at radius 2 is 1.78 bits per heavy atom. The Bertz CT molecular complexity index is 403. The van der Waals surface area contributed by atoms with Crippen molar-refractivity contribution < 1.29 is 0 Å². The molecular formula is C15H24N2S. The predicted octanol–water partition coefficient (Wildman–Crippen LogP) is 3.09. The molecule has 0 aromatic heterocycles. The standard InChI is InChI=1S/C15H24N2S/c1-11(14(16)18)17(5)10-12-6-8-13(9-7-12)15(2,3)4/h6-9,11H,10H2,1-5H3,(H2,16,18). The van der Waals surface area contributed by atoms with Crippen LogP contribution in [0.4, 0.5) is 0 Å². The fourth-order valence-corrected chi connectivity index (χ4v) is 1.93. The van der Waals surface area contributed by atoms with Gasteiger partial charge in [-0.25, -0.2) is 0 Å². The third-order valence-electron chi connectivity index (χ3n) is 3.32. The van der Waals surface area contributed by atoms with Gasteiger partial charge >= 0.3 is 0 Å². The molecule has 0 amide bonds. The van der Waals surface area contributed by atoms with E-state index in [0.717, 1.165) is 6.54 Å². The highest BCUT2D eigenvalue weighted by Crippen LogP contribution is 2.22. The monoisotopic (exact) mass is 264 g/mol. The number of benzene rings is 1. The first-order valence-corrected chi connectivity index (χ1v) is 6.71. The zero-order valence-electron chi connectivity index (χ0n) is 12.0. The Balaban J connectivity index is 2.73. The van der Waals surface area contributed by atoms with E-state index in [2.05, 4.69) is 49.9 Å². The maximum absolute atomic E-state index is 5.66. The summed E-state index contributed by atoms with van der Waals surface area (Å²) in [6, 6.07) is 8.90. The van der Waals surface area contributed by atoms with E-state index in [9.17, 15) is 0 Å². The fraction of sp³-hybridized carbons (Fsp3) is 0.533. The van der Waals surface area contributed by atoms with E-state index in [0.29, 0.717) is 4.99 Å². The maximum Gasteiger partial charge on any atom is 0.0899 e. The van der Waals surface area contributed by atoms with Gasteiger partial charge in [0.2, 0.25) is 0 Å². The summed E-state index contributed by atoms with van der Waals surface area (Å²) >= 11 is 5.02. The summed E-state index contributed by atoms with van der Waals surface area (Å²) < 4.78 is 0. The quantitative estimate of drug-likeness (QED) is 0.847. The summed E-state index contributed by atoms with van der Waals surface area (Å²) in [7, 11) is 2.04. The highest BCUT2D eigenvalue weighted by atomic mass is 32.1. The van der Waals surface area contributed by atoms with Crippen molar-refractivity contribution in [3.8, 4) is 0 Å². The molecule has 100 valence electrons. The van der Waals surface area contributed by atoms with E-state index in [4.69, 9.17) is 18.0 Å². The Hall–Kier alpha value is -0.930. The molecule has 1 aromatic carbocycles. The highest BCUT2D eigenvalue weighted by molar-refractivity contribution is 7.80. The van der Waals surface area contributed by atoms with Crippen LogP contribution in [0.2, 0.25) is 0 Å². The number of likely N-dealkylation sites (N-methyl/N-ethyl adjacent to an activating group) is 1. The molecule has 1 aromatic rings. The molecular weight excluding hydrogens is 240 g/mol. The van der Waals surface area contributed by atoms with E-state index in [-0.39, 0.29) is 11.5 Å². The Kier molecular flexibility index (Phi) is 4.88. The van der Waals surface area contributed by atoms with Gasteiger partial charge in [0.25, 0.3) is 0 Å². The molecule has 1 atom stereocenters. The average Bonchev–Trinajstić information content (AvgIpc) is 2.27. The lowest BCUT2D eigenvalue weighted by molar-refractivity contribution is 0.304. The zero-order chi connectivity index (χ0) is 13.9. The first kappa shape index (κ1) is 15.1. The third kappa shape index (κ3) is 4.07. The molecule has 2 N–H and O–H groups in total. The van der Waals surface area contributed by atoms with Crippen LogP contribution in [-0.2, 0) is 12.0 Å². The molecule has 1 rings (SSSR count). The lowest BCUT2D eigenvalue weighted by Crippen LogP contribution is -2.38. The van der Waals surface area contributed by atoms with Gasteiger partial charge in [0.05, 0.1) is 11.0 Å². The number of thiocarbonyl (C=S) groups is 1. The number of rotatable bonds is 4. The molecule has 2 nitrogen and oxygen atoms in total. The number of hydrogen-bond donors (Lipinski definition) is 1. The van der Waals surface area contributed by atoms with E-state index in [1.165, 1.54) is 11.1 Å². The SMILES string of the molecule is CC(C(N)=S)N(C)Cc1ccc(C(C)(C)C)cc1. The molecule has 0 spiro atoms. The molecule has 0 fully saturated rings. The second kappa shape index (κ2) is 5.81. The van der Waals surface area contributed by atoms with Crippen molar-refractivity contribution in [2.45, 2.75) is 45.7 Å². The van der Waals surface area contributed by atoms with Crippen LogP contribution in [0.5, 0.6) is 0 Å². The molecule has 3 heteroatoms. The fourth-order valence-electron chi connectivity index (χ4n) is 1.75. The van der Waals surface area contributed by atoms with Gasteiger partial charge in [0.1, 0.15) is 0 Å². The molecule has 0 aliphatic heterocycles.